The summed E-state index contributed by atoms with van der Waals surface area (Å²) in [5, 5.41) is 12.5. The predicted molar refractivity (Wildman–Crippen MR) is 139 cm³/mol. The van der Waals surface area contributed by atoms with Crippen LogP contribution in [0.3, 0.4) is 0 Å². The van der Waals surface area contributed by atoms with Gasteiger partial charge >= 0.3 is 6.09 Å². The van der Waals surface area contributed by atoms with Crippen LogP contribution in [0.4, 0.5) is 21.9 Å². The second-order valence-corrected chi connectivity index (χ2v) is 9.31. The first kappa shape index (κ1) is 26.2. The molecule has 1 fully saturated rings. The number of halogens is 1. The van der Waals surface area contributed by atoms with Crippen molar-refractivity contribution in [2.75, 3.05) is 49.5 Å². The summed E-state index contributed by atoms with van der Waals surface area (Å²) in [5.41, 5.74) is 0.655. The van der Waals surface area contributed by atoms with Crippen molar-refractivity contribution in [3.63, 3.8) is 0 Å². The summed E-state index contributed by atoms with van der Waals surface area (Å²) in [6.07, 6.45) is -0.642. The Kier molecular flexibility index (Phi) is 7.85. The minimum absolute atomic E-state index is 0.219. The third-order valence-corrected chi connectivity index (χ3v) is 6.14. The number of methoxy groups -OCH3 is 1. The van der Waals surface area contributed by atoms with Gasteiger partial charge < -0.3 is 19.3 Å². The van der Waals surface area contributed by atoms with E-state index in [0.29, 0.717) is 39.9 Å². The molecule has 35 heavy (non-hydrogen) atoms. The van der Waals surface area contributed by atoms with Crippen LogP contribution in [0.1, 0.15) is 19.4 Å². The summed E-state index contributed by atoms with van der Waals surface area (Å²) in [6.45, 7) is 4.30. The van der Waals surface area contributed by atoms with Crippen LogP contribution >= 0.6 is 23.8 Å². The van der Waals surface area contributed by atoms with Crippen molar-refractivity contribution in [2.24, 2.45) is 0 Å². The summed E-state index contributed by atoms with van der Waals surface area (Å²) in [7, 11) is 5.20. The quantitative estimate of drug-likeness (QED) is 0.546. The lowest BCUT2D eigenvalue weighted by Gasteiger charge is -2.30. The van der Waals surface area contributed by atoms with E-state index in [1.165, 1.54) is 12.0 Å². The molecule has 184 valence electrons. The Balaban J connectivity index is 1.92. The number of rotatable bonds is 7. The van der Waals surface area contributed by atoms with E-state index < -0.39 is 11.6 Å². The number of benzene rings is 2. The Bertz CT molecular complexity index is 1210. The highest BCUT2D eigenvalue weighted by Gasteiger charge is 2.50. The van der Waals surface area contributed by atoms with Gasteiger partial charge in [0.15, 0.2) is 5.11 Å². The fourth-order valence-corrected chi connectivity index (χ4v) is 4.27. The van der Waals surface area contributed by atoms with Crippen LogP contribution in [0.2, 0.25) is 5.02 Å². The number of anilines is 3. The number of nitrogens with one attached hydrogen (secondary N) is 1. The average Bonchev–Trinajstić information content (AvgIpc) is 2.98. The van der Waals surface area contributed by atoms with Crippen molar-refractivity contribution < 1.29 is 19.1 Å². The smallest absolute Gasteiger partial charge is 0.411 e. The molecule has 11 heteroatoms. The molecule has 0 unspecified atom stereocenters. The topological polar surface area (TPSA) is 98.1 Å². The maximum absolute atomic E-state index is 13.4. The van der Waals surface area contributed by atoms with E-state index in [1.807, 2.05) is 19.0 Å². The first-order valence-corrected chi connectivity index (χ1v) is 11.4. The summed E-state index contributed by atoms with van der Waals surface area (Å²) >= 11 is 12.0. The molecule has 0 saturated carbocycles. The minimum atomic E-state index is -1.05. The van der Waals surface area contributed by atoms with Gasteiger partial charge in [0, 0.05) is 18.3 Å². The number of ether oxygens (including phenoxy) is 2. The molecule has 1 aliphatic rings. The molecule has 2 aromatic rings. The zero-order valence-corrected chi connectivity index (χ0v) is 21.7. The number of hydrogen-bond donors (Lipinski definition) is 1. The zero-order chi connectivity index (χ0) is 25.9. The summed E-state index contributed by atoms with van der Waals surface area (Å²) < 4.78 is 10.5. The van der Waals surface area contributed by atoms with Crippen molar-refractivity contribution >= 4 is 58.0 Å². The highest BCUT2D eigenvalue weighted by atomic mass is 35.5. The van der Waals surface area contributed by atoms with Crippen LogP contribution in [0.15, 0.2) is 36.4 Å². The minimum Gasteiger partial charge on any atom is -0.495 e. The van der Waals surface area contributed by atoms with Gasteiger partial charge in [0.05, 0.1) is 29.1 Å². The van der Waals surface area contributed by atoms with Crippen LogP contribution in [0, 0.1) is 11.3 Å². The molecule has 0 spiro atoms. The zero-order valence-electron chi connectivity index (χ0n) is 20.1. The van der Waals surface area contributed by atoms with Gasteiger partial charge in [-0.2, -0.15) is 5.26 Å². The van der Waals surface area contributed by atoms with Crippen molar-refractivity contribution in [3.8, 4) is 11.8 Å². The van der Waals surface area contributed by atoms with E-state index in [0.717, 1.165) is 0 Å². The van der Waals surface area contributed by atoms with E-state index in [1.54, 1.807) is 55.1 Å². The molecule has 2 amide bonds. The van der Waals surface area contributed by atoms with Crippen LogP contribution in [0.25, 0.3) is 0 Å². The van der Waals surface area contributed by atoms with Gasteiger partial charge in [0.25, 0.3) is 5.91 Å². The number of amides is 2. The monoisotopic (exact) mass is 515 g/mol. The van der Waals surface area contributed by atoms with Crippen molar-refractivity contribution in [2.45, 2.75) is 19.4 Å². The van der Waals surface area contributed by atoms with Gasteiger partial charge in [-0.15, -0.1) is 0 Å². The number of carbonyl (C=O) groups excluding carboxylic acids is 2. The van der Waals surface area contributed by atoms with E-state index >= 15 is 0 Å². The Labute approximate surface area is 214 Å². The van der Waals surface area contributed by atoms with Gasteiger partial charge in [-0.3, -0.25) is 15.0 Å². The highest BCUT2D eigenvalue weighted by molar-refractivity contribution is 7.81. The first-order chi connectivity index (χ1) is 16.5. The molecule has 1 N–H and O–H groups in total. The SMILES string of the molecule is COc1cc(N2C(=O)C(C)(C)N(c3ccc(Cl)c(NC(=O)OCCN(C)C)c3)C2=S)ccc1C#N. The maximum Gasteiger partial charge on any atom is 0.411 e. The van der Waals surface area contributed by atoms with Gasteiger partial charge in [-0.1, -0.05) is 11.6 Å². The molecule has 0 radical (unpaired) electrons. The van der Waals surface area contributed by atoms with E-state index in [9.17, 15) is 14.9 Å². The largest absolute Gasteiger partial charge is 0.495 e. The van der Waals surface area contributed by atoms with E-state index in [2.05, 4.69) is 11.4 Å². The third-order valence-electron chi connectivity index (χ3n) is 5.45. The Morgan fingerprint density at radius 3 is 2.54 bits per heavy atom. The summed E-state index contributed by atoms with van der Waals surface area (Å²) in [5.74, 6) is 0.0735. The highest BCUT2D eigenvalue weighted by Crippen LogP contribution is 2.39. The molecule has 9 nitrogen and oxygen atoms in total. The maximum atomic E-state index is 13.4. The van der Waals surface area contributed by atoms with Crippen LogP contribution in [0.5, 0.6) is 5.75 Å². The molecule has 3 rings (SSSR count). The van der Waals surface area contributed by atoms with Gasteiger partial charge in [0.2, 0.25) is 0 Å². The average molecular weight is 516 g/mol. The van der Waals surface area contributed by atoms with Gasteiger partial charge in [-0.05, 0) is 70.5 Å². The molecular weight excluding hydrogens is 490 g/mol. The van der Waals surface area contributed by atoms with Crippen LogP contribution in [-0.2, 0) is 9.53 Å². The third kappa shape index (κ3) is 5.32. The van der Waals surface area contributed by atoms with E-state index in [-0.39, 0.29) is 17.6 Å². The lowest BCUT2D eigenvalue weighted by molar-refractivity contribution is -0.120. The molecule has 0 aliphatic carbocycles. The number of carbonyl (C=O) groups is 2. The lowest BCUT2D eigenvalue weighted by atomic mass is 10.0. The molecule has 0 aromatic heterocycles. The normalized spacial score (nSPS) is 14.8. The van der Waals surface area contributed by atoms with Gasteiger partial charge in [0.1, 0.15) is 24.0 Å². The molecule has 2 aromatic carbocycles. The van der Waals surface area contributed by atoms with Crippen LogP contribution < -0.4 is 19.9 Å². The first-order valence-electron chi connectivity index (χ1n) is 10.7. The summed E-state index contributed by atoms with van der Waals surface area (Å²) in [4.78, 5) is 30.7. The standard InChI is InChI=1S/C24H26ClN5O4S/c1-24(2)21(31)29(16-7-6-15(14-26)20(13-16)33-5)23(35)30(24)17-8-9-18(25)19(12-17)27-22(32)34-11-10-28(3)4/h6-9,12-13H,10-11H2,1-5H3,(H,27,32). The van der Waals surface area contributed by atoms with Crippen molar-refractivity contribution in [3.05, 3.63) is 47.0 Å². The van der Waals surface area contributed by atoms with Crippen molar-refractivity contribution in [1.29, 1.82) is 5.26 Å². The molecular formula is C24H26ClN5O4S. The van der Waals surface area contributed by atoms with E-state index in [4.69, 9.17) is 33.3 Å². The predicted octanol–water partition coefficient (Wildman–Crippen LogP) is 4.25. The molecule has 0 atom stereocenters. The molecule has 1 saturated heterocycles. The molecule has 1 aliphatic heterocycles. The summed E-state index contributed by atoms with van der Waals surface area (Å²) in [6, 6.07) is 11.8. The fraction of sp³-hybridized carbons (Fsp3) is 0.333. The molecule has 0 bridgehead atoms. The second-order valence-electron chi connectivity index (χ2n) is 8.54. The Morgan fingerprint density at radius 1 is 1.23 bits per heavy atom. The van der Waals surface area contributed by atoms with Crippen molar-refractivity contribution in [1.82, 2.24) is 4.90 Å². The van der Waals surface area contributed by atoms with Gasteiger partial charge in [-0.25, -0.2) is 4.79 Å². The Hall–Kier alpha value is -3.39. The number of thiocarbonyl (C=S) groups is 1. The second kappa shape index (κ2) is 10.5. The van der Waals surface area contributed by atoms with Crippen LogP contribution in [-0.4, -0.2) is 61.9 Å². The lowest BCUT2D eigenvalue weighted by Crippen LogP contribution is -2.44. The number of nitriles is 1. The number of nitrogens with zero attached hydrogens (tertiary/aromatic N) is 4. The Morgan fingerprint density at radius 2 is 1.91 bits per heavy atom. The molecule has 1 heterocycles. The number of likely N-dealkylation sites (N-methyl/N-ethyl adjacent to an activating group) is 1. The number of hydrogen-bond acceptors (Lipinski definition) is 7. The fourth-order valence-electron chi connectivity index (χ4n) is 3.58.